The molecule has 2 aromatic rings. The van der Waals surface area contributed by atoms with E-state index < -0.39 is 0 Å². The molecule has 7 heteroatoms. The van der Waals surface area contributed by atoms with Gasteiger partial charge in [-0.3, -0.25) is 4.79 Å². The maximum absolute atomic E-state index is 13.2. The first-order valence-electron chi connectivity index (χ1n) is 10.4. The average Bonchev–Trinajstić information content (AvgIpc) is 3.05. The van der Waals surface area contributed by atoms with Gasteiger partial charge >= 0.3 is 0 Å². The van der Waals surface area contributed by atoms with E-state index in [0.717, 1.165) is 37.5 Å². The lowest BCUT2D eigenvalue weighted by Gasteiger charge is -2.24. The zero-order valence-electron chi connectivity index (χ0n) is 17.0. The van der Waals surface area contributed by atoms with Crippen LogP contribution in [0.1, 0.15) is 23.0 Å². The van der Waals surface area contributed by atoms with Crippen LogP contribution in [0.3, 0.4) is 0 Å². The van der Waals surface area contributed by atoms with Crippen molar-refractivity contribution in [2.45, 2.75) is 17.4 Å². The fourth-order valence-corrected chi connectivity index (χ4v) is 6.61. The molecule has 30 heavy (non-hydrogen) atoms. The highest BCUT2D eigenvalue weighted by Gasteiger charge is 2.20. The molecular weight excluding hydrogens is 419 g/mol. The van der Waals surface area contributed by atoms with E-state index in [0.29, 0.717) is 11.1 Å². The van der Waals surface area contributed by atoms with Gasteiger partial charge in [-0.15, -0.1) is 23.5 Å². The second-order valence-corrected chi connectivity index (χ2v) is 10.2. The maximum atomic E-state index is 13.2. The van der Waals surface area contributed by atoms with Crippen molar-refractivity contribution in [3.05, 3.63) is 59.9 Å². The van der Waals surface area contributed by atoms with Crippen LogP contribution in [-0.2, 0) is 4.79 Å². The molecule has 0 bridgehead atoms. The number of rotatable bonds is 5. The molecule has 2 heterocycles. The Hall–Kier alpha value is -1.86. The number of carbonyl (C=O) groups is 1. The van der Waals surface area contributed by atoms with E-state index in [4.69, 9.17) is 4.74 Å². The van der Waals surface area contributed by atoms with Crippen LogP contribution < -0.4 is 9.64 Å². The standard InChI is InChI=1S/C23H27FN2O2S2/c24-19-5-7-20(8-6-19)25-11-1-12-26(14-13-25)22(27)17-28-21-9-3-18(4-10-21)23-29-15-2-16-30-23/h3-10,23H,1-2,11-17H2. The number of halogens is 1. The number of nitrogens with zero attached hydrogens (tertiary/aromatic N) is 2. The summed E-state index contributed by atoms with van der Waals surface area (Å²) < 4.78 is 19.4. The zero-order chi connectivity index (χ0) is 20.8. The number of hydrogen-bond acceptors (Lipinski definition) is 5. The second kappa shape index (κ2) is 10.4. The molecule has 0 spiro atoms. The van der Waals surface area contributed by atoms with E-state index in [-0.39, 0.29) is 18.3 Å². The zero-order valence-corrected chi connectivity index (χ0v) is 18.6. The molecule has 4 rings (SSSR count). The van der Waals surface area contributed by atoms with Crippen LogP contribution in [0.4, 0.5) is 10.1 Å². The number of hydrogen-bond donors (Lipinski definition) is 0. The van der Waals surface area contributed by atoms with Crippen molar-refractivity contribution in [1.82, 2.24) is 4.90 Å². The Morgan fingerprint density at radius 1 is 0.933 bits per heavy atom. The van der Waals surface area contributed by atoms with Gasteiger partial charge in [0, 0.05) is 31.9 Å². The molecule has 0 atom stereocenters. The van der Waals surface area contributed by atoms with E-state index in [1.54, 1.807) is 12.1 Å². The molecule has 0 saturated carbocycles. The monoisotopic (exact) mass is 446 g/mol. The van der Waals surface area contributed by atoms with Crippen molar-refractivity contribution in [2.75, 3.05) is 49.2 Å². The molecule has 0 aliphatic carbocycles. The molecule has 0 radical (unpaired) electrons. The number of ether oxygens (including phenoxy) is 1. The molecule has 2 aliphatic rings. The van der Waals surface area contributed by atoms with E-state index in [1.165, 1.54) is 35.6 Å². The number of benzene rings is 2. The fraction of sp³-hybridized carbons (Fsp3) is 0.435. The fourth-order valence-electron chi connectivity index (χ4n) is 3.71. The largest absolute Gasteiger partial charge is 0.484 e. The van der Waals surface area contributed by atoms with Crippen molar-refractivity contribution in [1.29, 1.82) is 0 Å². The van der Waals surface area contributed by atoms with Crippen LogP contribution in [0.5, 0.6) is 5.75 Å². The third-order valence-electron chi connectivity index (χ3n) is 5.38. The lowest BCUT2D eigenvalue weighted by atomic mass is 10.2. The van der Waals surface area contributed by atoms with Gasteiger partial charge in [-0.25, -0.2) is 4.39 Å². The molecule has 0 aromatic heterocycles. The Kier molecular flexibility index (Phi) is 7.44. The summed E-state index contributed by atoms with van der Waals surface area (Å²) in [5, 5.41) is 0. The van der Waals surface area contributed by atoms with Gasteiger partial charge in [-0.2, -0.15) is 0 Å². The first-order valence-corrected chi connectivity index (χ1v) is 12.5. The van der Waals surface area contributed by atoms with Gasteiger partial charge in [-0.1, -0.05) is 12.1 Å². The van der Waals surface area contributed by atoms with Crippen molar-refractivity contribution in [3.63, 3.8) is 0 Å². The third kappa shape index (κ3) is 5.64. The topological polar surface area (TPSA) is 32.8 Å². The number of anilines is 1. The average molecular weight is 447 g/mol. The first-order chi connectivity index (χ1) is 14.7. The van der Waals surface area contributed by atoms with Gasteiger partial charge in [0.1, 0.15) is 11.6 Å². The van der Waals surface area contributed by atoms with Crippen molar-refractivity contribution in [3.8, 4) is 5.75 Å². The van der Waals surface area contributed by atoms with Crippen LogP contribution in [0.25, 0.3) is 0 Å². The lowest BCUT2D eigenvalue weighted by molar-refractivity contribution is -0.133. The van der Waals surface area contributed by atoms with Gasteiger partial charge < -0.3 is 14.5 Å². The van der Waals surface area contributed by atoms with Crippen molar-refractivity contribution >= 4 is 35.1 Å². The predicted molar refractivity (Wildman–Crippen MR) is 124 cm³/mol. The van der Waals surface area contributed by atoms with Crippen molar-refractivity contribution < 1.29 is 13.9 Å². The number of amides is 1. The Balaban J connectivity index is 1.26. The molecule has 0 N–H and O–H groups in total. The summed E-state index contributed by atoms with van der Waals surface area (Å²) in [6.45, 7) is 3.02. The van der Waals surface area contributed by atoms with Crippen LogP contribution >= 0.6 is 23.5 Å². The summed E-state index contributed by atoms with van der Waals surface area (Å²) in [7, 11) is 0. The third-order valence-corrected chi connectivity index (χ3v) is 8.40. The Bertz CT molecular complexity index is 826. The summed E-state index contributed by atoms with van der Waals surface area (Å²) >= 11 is 4.00. The van der Waals surface area contributed by atoms with Crippen LogP contribution in [-0.4, -0.2) is 55.1 Å². The van der Waals surface area contributed by atoms with Gasteiger partial charge in [0.2, 0.25) is 0 Å². The van der Waals surface area contributed by atoms with Gasteiger partial charge in [0.25, 0.3) is 5.91 Å². The normalized spacial score (nSPS) is 18.2. The number of carbonyl (C=O) groups excluding carboxylic acids is 1. The van der Waals surface area contributed by atoms with Crippen LogP contribution in [0.2, 0.25) is 0 Å². The molecule has 1 amide bonds. The lowest BCUT2D eigenvalue weighted by Crippen LogP contribution is -2.38. The van der Waals surface area contributed by atoms with E-state index in [9.17, 15) is 9.18 Å². The minimum absolute atomic E-state index is 0.0124. The maximum Gasteiger partial charge on any atom is 0.260 e. The highest BCUT2D eigenvalue weighted by molar-refractivity contribution is 8.16. The highest BCUT2D eigenvalue weighted by atomic mass is 32.2. The summed E-state index contributed by atoms with van der Waals surface area (Å²) in [6.07, 6.45) is 2.17. The summed E-state index contributed by atoms with van der Waals surface area (Å²) in [5.74, 6) is 2.96. The predicted octanol–water partition coefficient (Wildman–Crippen LogP) is 4.81. The molecule has 2 fully saturated rings. The Morgan fingerprint density at radius 2 is 1.67 bits per heavy atom. The second-order valence-electron chi connectivity index (χ2n) is 7.48. The van der Waals surface area contributed by atoms with Gasteiger partial charge in [0.05, 0.1) is 4.58 Å². The minimum Gasteiger partial charge on any atom is -0.484 e. The SMILES string of the molecule is O=C(COc1ccc(C2SCCCS2)cc1)N1CCCN(c2ccc(F)cc2)CC1. The highest BCUT2D eigenvalue weighted by Crippen LogP contribution is 2.43. The summed E-state index contributed by atoms with van der Waals surface area (Å²) in [5.41, 5.74) is 2.31. The van der Waals surface area contributed by atoms with Crippen LogP contribution in [0, 0.1) is 5.82 Å². The Labute approximate surface area is 186 Å². The van der Waals surface area contributed by atoms with E-state index in [2.05, 4.69) is 17.0 Å². The van der Waals surface area contributed by atoms with E-state index >= 15 is 0 Å². The molecule has 2 aliphatic heterocycles. The molecular formula is C23H27FN2O2S2. The van der Waals surface area contributed by atoms with Gasteiger partial charge in [0.15, 0.2) is 6.61 Å². The van der Waals surface area contributed by atoms with E-state index in [1.807, 2.05) is 40.6 Å². The summed E-state index contributed by atoms with van der Waals surface area (Å²) in [4.78, 5) is 16.7. The quantitative estimate of drug-likeness (QED) is 0.658. The number of thioether (sulfide) groups is 2. The first kappa shape index (κ1) is 21.4. The molecule has 4 nitrogen and oxygen atoms in total. The minimum atomic E-state index is -0.230. The van der Waals surface area contributed by atoms with Gasteiger partial charge in [-0.05, 0) is 66.3 Å². The summed E-state index contributed by atoms with van der Waals surface area (Å²) in [6, 6.07) is 14.7. The van der Waals surface area contributed by atoms with Crippen LogP contribution in [0.15, 0.2) is 48.5 Å². The van der Waals surface area contributed by atoms with Crippen molar-refractivity contribution in [2.24, 2.45) is 0 Å². The molecule has 160 valence electrons. The smallest absolute Gasteiger partial charge is 0.260 e. The Morgan fingerprint density at radius 3 is 2.40 bits per heavy atom. The molecule has 2 aromatic carbocycles. The molecule has 0 unspecified atom stereocenters. The molecule has 2 saturated heterocycles.